The van der Waals surface area contributed by atoms with Crippen molar-refractivity contribution in [3.63, 3.8) is 0 Å². The van der Waals surface area contributed by atoms with Crippen molar-refractivity contribution in [1.82, 2.24) is 0 Å². The first-order valence-corrected chi connectivity index (χ1v) is 23.3. The summed E-state index contributed by atoms with van der Waals surface area (Å²) in [6.07, 6.45) is -1.95. The van der Waals surface area contributed by atoms with E-state index in [1.54, 1.807) is 0 Å². The van der Waals surface area contributed by atoms with Gasteiger partial charge in [-0.25, -0.2) is 0 Å². The maximum absolute atomic E-state index is 13.3. The van der Waals surface area contributed by atoms with Gasteiger partial charge in [0.15, 0.2) is 5.79 Å². The van der Waals surface area contributed by atoms with E-state index < -0.39 is 29.2 Å². The molecule has 0 saturated carbocycles. The van der Waals surface area contributed by atoms with E-state index in [9.17, 15) is 10.2 Å². The van der Waals surface area contributed by atoms with Crippen LogP contribution in [0.2, 0.25) is 0 Å². The summed E-state index contributed by atoms with van der Waals surface area (Å²) in [7, 11) is 0. The van der Waals surface area contributed by atoms with E-state index in [1.807, 2.05) is 118 Å². The molecule has 0 spiro atoms. The molecule has 46 heavy (non-hydrogen) atoms. The Morgan fingerprint density at radius 1 is 0.478 bits per heavy atom. The van der Waals surface area contributed by atoms with E-state index in [-0.39, 0.29) is 15.0 Å². The van der Waals surface area contributed by atoms with Crippen molar-refractivity contribution in [3.05, 3.63) is 140 Å². The maximum atomic E-state index is 13.3. The molecular weight excluding hydrogens is 740 g/mol. The molecule has 1 aliphatic rings. The minimum absolute atomic E-state index is 0.125. The van der Waals surface area contributed by atoms with Gasteiger partial charge in [0.1, 0.15) is 23.4 Å². The summed E-state index contributed by atoms with van der Waals surface area (Å²) in [6, 6.07) is 24.5. The number of hydrogen-bond donors (Lipinski definition) is 2. The average molecular weight is 786 g/mol. The summed E-state index contributed by atoms with van der Waals surface area (Å²) in [4.78, 5) is 0. The van der Waals surface area contributed by atoms with Gasteiger partial charge in [0.2, 0.25) is 0 Å². The predicted octanol–water partition coefficient (Wildman–Crippen LogP) is 9.53. The number of benzene rings is 4. The van der Waals surface area contributed by atoms with Crippen LogP contribution in [-0.4, -0.2) is 28.2 Å². The van der Waals surface area contributed by atoms with Crippen molar-refractivity contribution < 1.29 is 34.7 Å². The Kier molecular flexibility index (Phi) is 11.7. The molecule has 2 N–H and O–H groups in total. The van der Waals surface area contributed by atoms with E-state index >= 15 is 0 Å². The zero-order valence-corrected chi connectivity index (χ0v) is 33.3. The zero-order valence-electron chi connectivity index (χ0n) is 28.5. The van der Waals surface area contributed by atoms with Crippen LogP contribution in [0.1, 0.15) is 80.6 Å². The summed E-state index contributed by atoms with van der Waals surface area (Å²) in [6.45, 7) is 20.0. The van der Waals surface area contributed by atoms with Crippen molar-refractivity contribution in [2.24, 2.45) is 0 Å². The molecule has 1 fully saturated rings. The second kappa shape index (κ2) is 14.5. The van der Waals surface area contributed by atoms with Crippen LogP contribution in [0.25, 0.3) is 0 Å². The molecule has 0 radical (unpaired) electrons. The molecule has 244 valence electrons. The molecule has 4 aromatic carbocycles. The fourth-order valence-corrected chi connectivity index (χ4v) is 7.14. The predicted molar refractivity (Wildman–Crippen MR) is 191 cm³/mol. The van der Waals surface area contributed by atoms with Crippen molar-refractivity contribution in [2.75, 3.05) is 0 Å². The fraction of sp³-hybridized carbons (Fsp3) is 0.385. The Hall–Kier alpha value is -1.61. The van der Waals surface area contributed by atoms with Crippen molar-refractivity contribution in [3.8, 4) is 0 Å². The first kappa shape index (κ1) is 37.2. The molecule has 5 rings (SSSR count). The van der Waals surface area contributed by atoms with Crippen LogP contribution in [-0.2, 0) is 35.6 Å². The second-order valence-corrected chi connectivity index (χ2v) is 21.5. The van der Waals surface area contributed by atoms with Gasteiger partial charge in [-0.05, 0) is 91.5 Å². The zero-order chi connectivity index (χ0) is 34.2. The molecule has 0 amide bonds. The molecule has 0 unspecified atom stereocenters. The van der Waals surface area contributed by atoms with Crippen molar-refractivity contribution in [1.29, 1.82) is 0 Å². The molecule has 4 nitrogen and oxygen atoms in total. The van der Waals surface area contributed by atoms with Gasteiger partial charge in [-0.15, -0.1) is 0 Å². The summed E-state index contributed by atoms with van der Waals surface area (Å²) in [5.74, 6) is -1.09. The van der Waals surface area contributed by atoms with Crippen LogP contribution in [0, 0.1) is 55.4 Å². The summed E-state index contributed by atoms with van der Waals surface area (Å²) in [5.41, 5.74) is 7.77. The molecule has 0 aromatic heterocycles. The molecule has 1 heterocycles. The van der Waals surface area contributed by atoms with Gasteiger partial charge >= 0.3 is 41.3 Å². The standard InChI is InChI=1S/C39H46O4.2BrH.Ti/c1-23-11-24(2)16-31(15-23)38(40,32-17-25(3)12-26(4)18-32)35-36(43-37(9,10)42-35)39(41,33-19-27(5)13-28(6)20-33)34-21-29(7)14-30(8)22-34;;;/h11-22,35-36,40-41H,1-10H3;2*1H;/q;;;+2/p-2/t35-,36-;;;/m1.../s1. The number of halogens is 2. The molecule has 2 atom stereocenters. The summed E-state index contributed by atoms with van der Waals surface area (Å²) >= 11 is 6.50. The summed E-state index contributed by atoms with van der Waals surface area (Å²) < 4.78 is 13.5. The Balaban J connectivity index is 0.00000154. The number of rotatable bonds is 6. The van der Waals surface area contributed by atoms with Crippen LogP contribution in [0.4, 0.5) is 0 Å². The van der Waals surface area contributed by atoms with Gasteiger partial charge in [0.25, 0.3) is 0 Å². The third-order valence-corrected chi connectivity index (χ3v) is 8.57. The Bertz CT molecular complexity index is 1410. The summed E-state index contributed by atoms with van der Waals surface area (Å²) in [5, 5.41) is 26.6. The molecule has 4 aromatic rings. The fourth-order valence-electron chi connectivity index (χ4n) is 7.14. The normalized spacial score (nSPS) is 17.8. The number of aliphatic hydroxyl groups is 2. The van der Waals surface area contributed by atoms with Gasteiger partial charge in [0, 0.05) is 0 Å². The molecule has 0 bridgehead atoms. The Morgan fingerprint density at radius 3 is 0.826 bits per heavy atom. The Morgan fingerprint density at radius 2 is 0.652 bits per heavy atom. The van der Waals surface area contributed by atoms with E-state index in [2.05, 4.69) is 50.6 Å². The third-order valence-electron chi connectivity index (χ3n) is 8.57. The first-order chi connectivity index (χ1) is 21.4. The van der Waals surface area contributed by atoms with E-state index in [0.29, 0.717) is 22.3 Å². The van der Waals surface area contributed by atoms with Crippen molar-refractivity contribution in [2.45, 2.75) is 98.4 Å². The van der Waals surface area contributed by atoms with Gasteiger partial charge < -0.3 is 19.7 Å². The second-order valence-electron chi connectivity index (χ2n) is 13.6. The van der Waals surface area contributed by atoms with Crippen LogP contribution < -0.4 is 0 Å². The van der Waals surface area contributed by atoms with E-state index in [1.165, 1.54) is 0 Å². The van der Waals surface area contributed by atoms with Crippen LogP contribution in [0.15, 0.2) is 72.8 Å². The molecule has 1 aliphatic heterocycles. The van der Waals surface area contributed by atoms with Crippen molar-refractivity contribution >= 4 is 26.3 Å². The monoisotopic (exact) mass is 784 g/mol. The molecular formula is C39H46Br2O4Ti. The van der Waals surface area contributed by atoms with Gasteiger partial charge in [-0.3, -0.25) is 0 Å². The Labute approximate surface area is 297 Å². The molecule has 7 heteroatoms. The SMILES string of the molecule is Cc1cc(C)cc(C(O)(c2cc(C)cc(C)c2)[C@@H]2OC(C)(C)O[C@H]2C(O)(c2cc(C)cc(C)c2)c2cc(C)cc(C)c2)c1.[Br][Ti][Br]. The molecule has 0 aliphatic carbocycles. The van der Waals surface area contributed by atoms with Crippen LogP contribution in [0.3, 0.4) is 0 Å². The number of ether oxygens (including phenoxy) is 2. The van der Waals surface area contributed by atoms with Gasteiger partial charge in [0.05, 0.1) is 0 Å². The van der Waals surface area contributed by atoms with E-state index in [4.69, 9.17) is 9.47 Å². The molecule has 1 saturated heterocycles. The quantitative estimate of drug-likeness (QED) is 0.191. The average Bonchev–Trinajstić information content (AvgIpc) is 3.26. The van der Waals surface area contributed by atoms with Crippen LogP contribution in [0.5, 0.6) is 0 Å². The number of hydrogen-bond acceptors (Lipinski definition) is 4. The number of aryl methyl sites for hydroxylation is 8. The van der Waals surface area contributed by atoms with E-state index in [0.717, 1.165) is 44.5 Å². The van der Waals surface area contributed by atoms with Gasteiger partial charge in [-0.1, -0.05) is 117 Å². The topological polar surface area (TPSA) is 58.9 Å². The van der Waals surface area contributed by atoms with Gasteiger partial charge in [-0.2, -0.15) is 0 Å². The minimum atomic E-state index is -1.66. The first-order valence-electron chi connectivity index (χ1n) is 15.5. The van der Waals surface area contributed by atoms with Crippen LogP contribution >= 0.6 is 26.3 Å². The third kappa shape index (κ3) is 7.82.